The molecule has 3 N–H and O–H groups in total. The molecule has 3 aromatic rings. The van der Waals surface area contributed by atoms with Gasteiger partial charge in [0.25, 0.3) is 17.7 Å². The number of fused-ring (bicyclic) bond motifs is 1. The first-order valence-corrected chi connectivity index (χ1v) is 11.6. The van der Waals surface area contributed by atoms with Crippen LogP contribution in [0.4, 0.5) is 10.8 Å². The molecule has 13 heteroatoms. The maximum atomic E-state index is 13.1. The third kappa shape index (κ3) is 4.43. The standard InChI is InChI=1S/C25H23N7O6/c1-4-26-24-31-30-20(38-24)18-7-8-19(37-3)17(27-18)9-10-25(22(34)28-23(35)29-25)13-32-12-14-5-6-15(36-2)11-16(14)21(32)33/h5-8,11H,4,12-13H2,1-3H3,(H,26,31)(H2,28,29,34,35). The maximum absolute atomic E-state index is 13.1. The minimum atomic E-state index is -1.72. The van der Waals surface area contributed by atoms with E-state index >= 15 is 0 Å². The summed E-state index contributed by atoms with van der Waals surface area (Å²) in [5.74, 6) is 5.71. The van der Waals surface area contributed by atoms with E-state index in [9.17, 15) is 14.4 Å². The van der Waals surface area contributed by atoms with Crippen molar-refractivity contribution in [1.82, 2.24) is 30.7 Å². The Morgan fingerprint density at radius 1 is 1.16 bits per heavy atom. The zero-order chi connectivity index (χ0) is 26.9. The van der Waals surface area contributed by atoms with Crippen molar-refractivity contribution < 1.29 is 28.3 Å². The number of anilines is 1. The Bertz CT molecular complexity index is 1510. The van der Waals surface area contributed by atoms with Crippen LogP contribution in [0.3, 0.4) is 0 Å². The Hall–Kier alpha value is -5.12. The predicted molar refractivity (Wildman–Crippen MR) is 132 cm³/mol. The lowest BCUT2D eigenvalue weighted by Gasteiger charge is -2.26. The van der Waals surface area contributed by atoms with Gasteiger partial charge in [-0.25, -0.2) is 9.78 Å². The molecule has 1 fully saturated rings. The molecule has 2 aliphatic heterocycles. The van der Waals surface area contributed by atoms with Crippen LogP contribution in [0.25, 0.3) is 11.6 Å². The van der Waals surface area contributed by atoms with E-state index in [0.29, 0.717) is 29.3 Å². The molecule has 0 radical (unpaired) electrons. The lowest BCUT2D eigenvalue weighted by Crippen LogP contribution is -2.54. The monoisotopic (exact) mass is 517 g/mol. The average molecular weight is 518 g/mol. The average Bonchev–Trinajstić information content (AvgIpc) is 3.59. The summed E-state index contributed by atoms with van der Waals surface area (Å²) in [5.41, 5.74) is 0.0209. The highest BCUT2D eigenvalue weighted by Crippen LogP contribution is 2.29. The number of ether oxygens (including phenoxy) is 2. The van der Waals surface area contributed by atoms with E-state index in [2.05, 4.69) is 43.0 Å². The van der Waals surface area contributed by atoms with Crippen LogP contribution in [0.2, 0.25) is 0 Å². The van der Waals surface area contributed by atoms with Gasteiger partial charge in [-0.3, -0.25) is 14.9 Å². The Morgan fingerprint density at radius 2 is 2.00 bits per heavy atom. The van der Waals surface area contributed by atoms with E-state index in [1.165, 1.54) is 19.1 Å². The summed E-state index contributed by atoms with van der Waals surface area (Å²) in [6.07, 6.45) is 0. The number of aromatic nitrogens is 3. The molecule has 194 valence electrons. The van der Waals surface area contributed by atoms with Gasteiger partial charge in [0.15, 0.2) is 11.4 Å². The molecule has 1 aromatic carbocycles. The number of hydrogen-bond acceptors (Lipinski definition) is 10. The maximum Gasteiger partial charge on any atom is 0.323 e. The highest BCUT2D eigenvalue weighted by Gasteiger charge is 2.48. The lowest BCUT2D eigenvalue weighted by atomic mass is 9.99. The number of amides is 4. The van der Waals surface area contributed by atoms with Crippen LogP contribution in [-0.4, -0.2) is 70.8 Å². The lowest BCUT2D eigenvalue weighted by molar-refractivity contribution is -0.122. The fraction of sp³-hybridized carbons (Fsp3) is 0.280. The molecule has 1 atom stereocenters. The van der Waals surface area contributed by atoms with E-state index in [4.69, 9.17) is 13.9 Å². The van der Waals surface area contributed by atoms with Crippen molar-refractivity contribution in [3.8, 4) is 34.9 Å². The number of pyridine rings is 1. The van der Waals surface area contributed by atoms with Crippen LogP contribution >= 0.6 is 0 Å². The quantitative estimate of drug-likeness (QED) is 0.306. The summed E-state index contributed by atoms with van der Waals surface area (Å²) in [4.78, 5) is 44.1. The molecule has 0 saturated carbocycles. The van der Waals surface area contributed by atoms with E-state index in [-0.39, 0.29) is 36.6 Å². The van der Waals surface area contributed by atoms with Gasteiger partial charge in [-0.2, -0.15) is 0 Å². The first kappa shape index (κ1) is 24.6. The molecule has 5 rings (SSSR count). The van der Waals surface area contributed by atoms with Crippen molar-refractivity contribution in [1.29, 1.82) is 0 Å². The van der Waals surface area contributed by atoms with Crippen LogP contribution < -0.4 is 25.4 Å². The Kier molecular flexibility index (Phi) is 6.29. The first-order valence-electron chi connectivity index (χ1n) is 11.6. The SMILES string of the molecule is CCNc1nnc(-c2ccc(OC)c(C#CC3(CN4Cc5ccc(OC)cc5C4=O)NC(=O)NC3=O)n2)o1. The fourth-order valence-electron chi connectivity index (χ4n) is 4.15. The molecule has 0 bridgehead atoms. The summed E-state index contributed by atoms with van der Waals surface area (Å²) in [6, 6.07) is 7.96. The normalized spacial score (nSPS) is 17.9. The topological polar surface area (TPSA) is 161 Å². The van der Waals surface area contributed by atoms with E-state index < -0.39 is 17.5 Å². The van der Waals surface area contributed by atoms with Crippen LogP contribution in [-0.2, 0) is 11.3 Å². The summed E-state index contributed by atoms with van der Waals surface area (Å²) in [5, 5.41) is 15.6. The van der Waals surface area contributed by atoms with Gasteiger partial charge >= 0.3 is 12.0 Å². The van der Waals surface area contributed by atoms with Gasteiger partial charge < -0.3 is 29.4 Å². The molecular weight excluding hydrogens is 494 g/mol. The molecule has 4 amide bonds. The summed E-state index contributed by atoms with van der Waals surface area (Å²) < 4.78 is 16.2. The van der Waals surface area contributed by atoms with Crippen molar-refractivity contribution >= 4 is 23.9 Å². The van der Waals surface area contributed by atoms with E-state index in [1.807, 2.05) is 6.92 Å². The van der Waals surface area contributed by atoms with Crippen molar-refractivity contribution in [2.24, 2.45) is 0 Å². The Morgan fingerprint density at radius 3 is 2.71 bits per heavy atom. The third-order valence-corrected chi connectivity index (χ3v) is 6.01. The molecule has 2 aliphatic rings. The molecule has 1 saturated heterocycles. The molecular formula is C25H23N7O6. The summed E-state index contributed by atoms with van der Waals surface area (Å²) in [7, 11) is 2.96. The second kappa shape index (κ2) is 9.74. The summed E-state index contributed by atoms with van der Waals surface area (Å²) in [6.45, 7) is 2.54. The van der Waals surface area contributed by atoms with Crippen LogP contribution in [0.15, 0.2) is 34.7 Å². The number of carbonyl (C=O) groups excluding carboxylic acids is 3. The second-order valence-corrected chi connectivity index (χ2v) is 8.44. The van der Waals surface area contributed by atoms with Crippen molar-refractivity contribution in [2.45, 2.75) is 19.0 Å². The Labute approximate surface area is 216 Å². The number of methoxy groups -OCH3 is 2. The van der Waals surface area contributed by atoms with Crippen LogP contribution in [0.1, 0.15) is 28.5 Å². The number of hydrogen-bond donors (Lipinski definition) is 3. The largest absolute Gasteiger partial charge is 0.497 e. The summed E-state index contributed by atoms with van der Waals surface area (Å²) >= 11 is 0. The molecule has 13 nitrogen and oxygen atoms in total. The first-order chi connectivity index (χ1) is 18.4. The number of nitrogens with zero attached hydrogens (tertiary/aromatic N) is 4. The van der Waals surface area contributed by atoms with Crippen molar-refractivity contribution in [3.05, 3.63) is 47.2 Å². The van der Waals surface area contributed by atoms with Gasteiger partial charge in [0.1, 0.15) is 11.4 Å². The fourth-order valence-corrected chi connectivity index (χ4v) is 4.15. The van der Waals surface area contributed by atoms with Crippen molar-refractivity contribution in [2.75, 3.05) is 32.6 Å². The molecule has 1 unspecified atom stereocenters. The van der Waals surface area contributed by atoms with Gasteiger partial charge in [-0.1, -0.05) is 17.1 Å². The zero-order valence-electron chi connectivity index (χ0n) is 20.7. The van der Waals surface area contributed by atoms with Crippen LogP contribution in [0, 0.1) is 11.8 Å². The molecule has 0 aliphatic carbocycles. The molecule has 4 heterocycles. The van der Waals surface area contributed by atoms with E-state index in [1.54, 1.807) is 30.3 Å². The Balaban J connectivity index is 1.48. The van der Waals surface area contributed by atoms with Gasteiger partial charge in [0.05, 0.1) is 20.8 Å². The molecule has 2 aromatic heterocycles. The highest BCUT2D eigenvalue weighted by atomic mass is 16.5. The third-order valence-electron chi connectivity index (χ3n) is 6.01. The number of imide groups is 1. The van der Waals surface area contributed by atoms with Crippen molar-refractivity contribution in [3.63, 3.8) is 0 Å². The highest BCUT2D eigenvalue weighted by molar-refractivity contribution is 6.10. The van der Waals surface area contributed by atoms with Gasteiger partial charge in [0, 0.05) is 18.7 Å². The number of benzene rings is 1. The van der Waals surface area contributed by atoms with Gasteiger partial charge in [-0.05, 0) is 42.7 Å². The minimum absolute atomic E-state index is 0.157. The number of carbonyl (C=O) groups is 3. The smallest absolute Gasteiger partial charge is 0.323 e. The van der Waals surface area contributed by atoms with Crippen LogP contribution in [0.5, 0.6) is 11.5 Å². The van der Waals surface area contributed by atoms with Gasteiger partial charge in [0.2, 0.25) is 5.54 Å². The number of rotatable bonds is 7. The molecule has 38 heavy (non-hydrogen) atoms. The van der Waals surface area contributed by atoms with Gasteiger partial charge in [-0.15, -0.1) is 5.10 Å². The zero-order valence-corrected chi connectivity index (χ0v) is 20.7. The number of nitrogens with one attached hydrogen (secondary N) is 3. The minimum Gasteiger partial charge on any atom is -0.497 e. The molecule has 0 spiro atoms. The second-order valence-electron chi connectivity index (χ2n) is 8.44. The van der Waals surface area contributed by atoms with E-state index in [0.717, 1.165) is 5.56 Å². The predicted octanol–water partition coefficient (Wildman–Crippen LogP) is 1.17. The number of urea groups is 1.